The van der Waals surface area contributed by atoms with Crippen molar-refractivity contribution >= 4 is 35.2 Å². The summed E-state index contributed by atoms with van der Waals surface area (Å²) >= 11 is 0. The average molecular weight is 411 g/mol. The van der Waals surface area contributed by atoms with Crippen molar-refractivity contribution in [1.82, 2.24) is 10.6 Å². The maximum absolute atomic E-state index is 7.37. The Morgan fingerprint density at radius 1 is 0.633 bits per heavy atom. The number of nitrogens with one attached hydrogen (secondary N) is 8. The van der Waals surface area contributed by atoms with Gasteiger partial charge in [-0.2, -0.15) is 0 Å². The molecule has 12 N–H and O–H groups in total. The van der Waals surface area contributed by atoms with E-state index in [1.807, 2.05) is 62.4 Å². The second-order valence-electron chi connectivity index (χ2n) is 5.81. The van der Waals surface area contributed by atoms with E-state index in [1.54, 1.807) is 0 Å². The van der Waals surface area contributed by atoms with Crippen molar-refractivity contribution in [3.8, 4) is 0 Å². The minimum Gasteiger partial charge on any atom is -0.370 e. The zero-order valence-corrected chi connectivity index (χ0v) is 17.2. The first-order valence-electron chi connectivity index (χ1n) is 8.72. The standard InChI is InChI=1S/2C9H13N5.C2H4/c2*1-6-2-4-7(5-3-6)13-9(12)14-8(10)11;1-2/h2*2-5H,1H3,(H6,10,11,12,13,14);1-2H2. The normalized spacial score (nSPS) is 8.73. The van der Waals surface area contributed by atoms with Gasteiger partial charge < -0.3 is 22.1 Å². The molecule has 10 heteroatoms. The van der Waals surface area contributed by atoms with E-state index in [4.69, 9.17) is 33.1 Å². The number of hydrogen-bond acceptors (Lipinski definition) is 4. The summed E-state index contributed by atoms with van der Waals surface area (Å²) in [4.78, 5) is 0. The molecule has 0 aliphatic rings. The number of nitrogens with two attached hydrogens (primary N) is 2. The Hall–Kier alpha value is -4.34. The molecule has 0 amide bonds. The highest BCUT2D eigenvalue weighted by Crippen LogP contribution is 2.08. The third-order valence-corrected chi connectivity index (χ3v) is 3.16. The number of guanidine groups is 4. The first-order valence-corrected chi connectivity index (χ1v) is 8.72. The van der Waals surface area contributed by atoms with Gasteiger partial charge in [0.15, 0.2) is 23.8 Å². The van der Waals surface area contributed by atoms with Crippen LogP contribution in [0.25, 0.3) is 0 Å². The van der Waals surface area contributed by atoms with Gasteiger partial charge in [-0.3, -0.25) is 32.3 Å². The number of benzene rings is 2. The first-order chi connectivity index (χ1) is 14.2. The topological polar surface area (TPSA) is 196 Å². The van der Waals surface area contributed by atoms with E-state index in [1.165, 1.54) is 0 Å². The lowest BCUT2D eigenvalue weighted by molar-refractivity contribution is 1.20. The van der Waals surface area contributed by atoms with Crippen LogP contribution < -0.4 is 32.7 Å². The summed E-state index contributed by atoms with van der Waals surface area (Å²) in [5.74, 6) is -0.535. The van der Waals surface area contributed by atoms with Crippen LogP contribution in [0.15, 0.2) is 61.7 Å². The Bertz CT molecular complexity index is 769. The van der Waals surface area contributed by atoms with Gasteiger partial charge in [0.05, 0.1) is 0 Å². The van der Waals surface area contributed by atoms with Crippen molar-refractivity contribution in [3.63, 3.8) is 0 Å². The highest BCUT2D eigenvalue weighted by molar-refractivity contribution is 6.02. The van der Waals surface area contributed by atoms with Crippen molar-refractivity contribution in [1.29, 1.82) is 21.6 Å². The molecule has 2 aromatic rings. The fourth-order valence-corrected chi connectivity index (χ4v) is 1.89. The summed E-state index contributed by atoms with van der Waals surface area (Å²) in [6.07, 6.45) is 0. The van der Waals surface area contributed by atoms with Crippen molar-refractivity contribution < 1.29 is 0 Å². The molecule has 10 nitrogen and oxygen atoms in total. The molecule has 0 atom stereocenters. The predicted octanol–water partition coefficient (Wildman–Crippen LogP) is 2.45. The summed E-state index contributed by atoms with van der Waals surface area (Å²) in [5.41, 5.74) is 14.0. The second-order valence-corrected chi connectivity index (χ2v) is 5.81. The van der Waals surface area contributed by atoms with Gasteiger partial charge in [0, 0.05) is 11.4 Å². The summed E-state index contributed by atoms with van der Waals surface area (Å²) in [7, 11) is 0. The zero-order chi connectivity index (χ0) is 23.1. The van der Waals surface area contributed by atoms with Crippen molar-refractivity contribution in [2.75, 3.05) is 10.6 Å². The van der Waals surface area contributed by atoms with Crippen LogP contribution in [0.3, 0.4) is 0 Å². The average Bonchev–Trinajstić information content (AvgIpc) is 2.66. The lowest BCUT2D eigenvalue weighted by atomic mass is 10.2. The summed E-state index contributed by atoms with van der Waals surface area (Å²) in [6.45, 7) is 9.98. The minimum atomic E-state index is -0.255. The maximum Gasteiger partial charge on any atom is 0.199 e. The Balaban J connectivity index is 0.000000518. The van der Waals surface area contributed by atoms with Crippen LogP contribution in [-0.2, 0) is 0 Å². The molecule has 0 saturated carbocycles. The van der Waals surface area contributed by atoms with Crippen LogP contribution in [0, 0.1) is 35.5 Å². The SMILES string of the molecule is C=C.Cc1ccc(NC(=N)NC(=N)N)cc1.Cc1ccc(NC(=N)NC(=N)N)cc1. The van der Waals surface area contributed by atoms with Crippen LogP contribution >= 0.6 is 0 Å². The fourth-order valence-electron chi connectivity index (χ4n) is 1.89. The smallest absolute Gasteiger partial charge is 0.199 e. The molecule has 0 heterocycles. The third-order valence-electron chi connectivity index (χ3n) is 3.16. The summed E-state index contributed by atoms with van der Waals surface area (Å²) < 4.78 is 0. The first kappa shape index (κ1) is 25.7. The number of aryl methyl sites for hydroxylation is 2. The lowest BCUT2D eigenvalue weighted by Crippen LogP contribution is -2.39. The van der Waals surface area contributed by atoms with Crippen LogP contribution in [-0.4, -0.2) is 23.8 Å². The van der Waals surface area contributed by atoms with Gasteiger partial charge in [0.1, 0.15) is 0 Å². The molecule has 0 aliphatic heterocycles. The second kappa shape index (κ2) is 13.8. The van der Waals surface area contributed by atoms with E-state index in [-0.39, 0.29) is 23.8 Å². The molecule has 2 rings (SSSR count). The lowest BCUT2D eigenvalue weighted by Gasteiger charge is -2.08. The predicted molar refractivity (Wildman–Crippen MR) is 126 cm³/mol. The molecule has 0 aliphatic carbocycles. The molecule has 2 aromatic carbocycles. The summed E-state index contributed by atoms with van der Waals surface area (Å²) in [6, 6.07) is 15.1. The molecule has 0 radical (unpaired) electrons. The number of hydrogen-bond donors (Lipinski definition) is 10. The zero-order valence-electron chi connectivity index (χ0n) is 17.2. The van der Waals surface area contributed by atoms with E-state index in [0.717, 1.165) is 22.5 Å². The van der Waals surface area contributed by atoms with Crippen molar-refractivity contribution in [3.05, 3.63) is 72.8 Å². The van der Waals surface area contributed by atoms with E-state index < -0.39 is 0 Å². The van der Waals surface area contributed by atoms with Crippen LogP contribution in [0.4, 0.5) is 11.4 Å². The maximum atomic E-state index is 7.37. The number of rotatable bonds is 2. The highest BCUT2D eigenvalue weighted by atomic mass is 15.2. The van der Waals surface area contributed by atoms with E-state index >= 15 is 0 Å². The Kier molecular flexibility index (Phi) is 11.8. The van der Waals surface area contributed by atoms with Crippen LogP contribution in [0.2, 0.25) is 0 Å². The molecular weight excluding hydrogens is 380 g/mol. The van der Waals surface area contributed by atoms with Gasteiger partial charge in [0.25, 0.3) is 0 Å². The van der Waals surface area contributed by atoms with Gasteiger partial charge in [-0.05, 0) is 38.1 Å². The van der Waals surface area contributed by atoms with Gasteiger partial charge >= 0.3 is 0 Å². The molecule has 0 spiro atoms. The van der Waals surface area contributed by atoms with Crippen molar-refractivity contribution in [2.24, 2.45) is 11.5 Å². The molecule has 0 fully saturated rings. The quantitative estimate of drug-likeness (QED) is 0.205. The molecule has 160 valence electrons. The van der Waals surface area contributed by atoms with Gasteiger partial charge in [0.2, 0.25) is 0 Å². The third kappa shape index (κ3) is 12.1. The van der Waals surface area contributed by atoms with Gasteiger partial charge in [-0.15, -0.1) is 13.2 Å². The Morgan fingerprint density at radius 2 is 0.900 bits per heavy atom. The number of anilines is 2. The van der Waals surface area contributed by atoms with Crippen LogP contribution in [0.1, 0.15) is 11.1 Å². The van der Waals surface area contributed by atoms with E-state index in [2.05, 4.69) is 34.4 Å². The largest absolute Gasteiger partial charge is 0.370 e. The molecule has 0 aromatic heterocycles. The Morgan fingerprint density at radius 3 is 1.13 bits per heavy atom. The molecule has 0 bridgehead atoms. The summed E-state index contributed by atoms with van der Waals surface area (Å²) in [5, 5.41) is 38.7. The monoisotopic (exact) mass is 410 g/mol. The molecular formula is C20H30N10. The highest BCUT2D eigenvalue weighted by Gasteiger charge is 1.98. The van der Waals surface area contributed by atoms with Gasteiger partial charge in [-0.1, -0.05) is 35.4 Å². The van der Waals surface area contributed by atoms with Crippen LogP contribution in [0.5, 0.6) is 0 Å². The molecule has 0 unspecified atom stereocenters. The molecule has 0 saturated heterocycles. The van der Waals surface area contributed by atoms with E-state index in [0.29, 0.717) is 0 Å². The van der Waals surface area contributed by atoms with Gasteiger partial charge in [-0.25, -0.2) is 0 Å². The Labute approximate surface area is 176 Å². The van der Waals surface area contributed by atoms with E-state index in [9.17, 15) is 0 Å². The molecule has 30 heavy (non-hydrogen) atoms. The van der Waals surface area contributed by atoms with Crippen molar-refractivity contribution in [2.45, 2.75) is 13.8 Å². The minimum absolute atomic E-state index is 0.0126. The fraction of sp³-hybridized carbons (Fsp3) is 0.100.